The van der Waals surface area contributed by atoms with Gasteiger partial charge in [-0.3, -0.25) is 23.7 Å². The van der Waals surface area contributed by atoms with Gasteiger partial charge < -0.3 is 24.8 Å². The van der Waals surface area contributed by atoms with Gasteiger partial charge in [-0.2, -0.15) is 18.9 Å². The van der Waals surface area contributed by atoms with Gasteiger partial charge >= 0.3 is 19.6 Å². The second-order valence-electron chi connectivity index (χ2n) is 10.2. The Morgan fingerprint density at radius 2 is 1.98 bits per heavy atom. The van der Waals surface area contributed by atoms with Gasteiger partial charge in [-0.1, -0.05) is 30.3 Å². The van der Waals surface area contributed by atoms with Gasteiger partial charge in [0.2, 0.25) is 12.2 Å². The number of ether oxygens (including phenoxy) is 2. The van der Waals surface area contributed by atoms with Crippen molar-refractivity contribution in [3.8, 4) is 5.75 Å². The van der Waals surface area contributed by atoms with Crippen molar-refractivity contribution in [2.45, 2.75) is 57.3 Å². The minimum atomic E-state index is -4.51. The molecule has 0 saturated carbocycles. The van der Waals surface area contributed by atoms with Crippen LogP contribution in [0, 0.1) is 0 Å². The summed E-state index contributed by atoms with van der Waals surface area (Å²) in [7, 11) is -4.51. The number of H-pyrrole nitrogens is 1. The number of aromatic amines is 1. The van der Waals surface area contributed by atoms with E-state index in [2.05, 4.69) is 20.0 Å². The van der Waals surface area contributed by atoms with E-state index in [0.717, 1.165) is 21.7 Å². The lowest BCUT2D eigenvalue weighted by Crippen LogP contribution is -2.40. The number of aromatic nitrogens is 4. The summed E-state index contributed by atoms with van der Waals surface area (Å²) in [6, 6.07) is 10.9. The van der Waals surface area contributed by atoms with Gasteiger partial charge in [0.1, 0.15) is 17.9 Å². The standard InChI is InChI=1S/C26H29F2N6O8P/c1-13(2)40-23(37)14(3)33-43(38,42-17-9-8-15-6-4-5-7-16(15)10-17)39-11-18-20(35)26(27,28)24(41-18)34-12-30-19-21(34)31-25(29)32-22(19)36/h4-10,12-14,18,20,24,35H,11H2,1-3H3,(H,33,38)(H3,29,31,32,36)/t14-,18+,20+,24+,43?/m0/s1. The summed E-state index contributed by atoms with van der Waals surface area (Å²) in [4.78, 5) is 34.4. The van der Waals surface area contributed by atoms with Crippen LogP contribution in [0.5, 0.6) is 5.75 Å². The maximum absolute atomic E-state index is 15.3. The van der Waals surface area contributed by atoms with E-state index in [1.54, 1.807) is 38.1 Å². The smallest absolute Gasteiger partial charge is 0.459 e. The van der Waals surface area contributed by atoms with Crippen LogP contribution in [0.25, 0.3) is 21.9 Å². The molecule has 2 aromatic heterocycles. The molecular weight excluding hydrogens is 593 g/mol. The number of nitrogen functional groups attached to an aromatic ring is 1. The predicted octanol–water partition coefficient (Wildman–Crippen LogP) is 2.88. The summed E-state index contributed by atoms with van der Waals surface area (Å²) >= 11 is 0. The number of rotatable bonds is 10. The number of nitrogens with two attached hydrogens (primary N) is 1. The summed E-state index contributed by atoms with van der Waals surface area (Å²) < 4.78 is 67.0. The van der Waals surface area contributed by atoms with Crippen molar-refractivity contribution in [3.63, 3.8) is 0 Å². The SMILES string of the molecule is CC(C)OC(=O)[C@H](C)NP(=O)(OC[C@H]1O[C@@H](n2cnc3c(=O)[nH]c(N)nc32)C(F)(F)[C@@H]1O)Oc1ccc2ccccc2c1. The molecule has 1 aliphatic heterocycles. The number of esters is 1. The number of halogens is 2. The third-order valence-electron chi connectivity index (χ3n) is 6.50. The van der Waals surface area contributed by atoms with E-state index < -0.39 is 62.4 Å². The second kappa shape index (κ2) is 11.6. The number of carbonyl (C=O) groups excluding carboxylic acids is 1. The Labute approximate surface area is 242 Å². The van der Waals surface area contributed by atoms with Crippen molar-refractivity contribution in [2.75, 3.05) is 12.3 Å². The lowest BCUT2D eigenvalue weighted by Gasteiger charge is -2.25. The van der Waals surface area contributed by atoms with Gasteiger partial charge in [-0.15, -0.1) is 0 Å². The summed E-state index contributed by atoms with van der Waals surface area (Å²) in [5.41, 5.74) is 4.22. The first-order valence-electron chi connectivity index (χ1n) is 13.1. The topological polar surface area (TPSA) is 193 Å². The van der Waals surface area contributed by atoms with Crippen LogP contribution in [0.3, 0.4) is 0 Å². The molecule has 0 spiro atoms. The van der Waals surface area contributed by atoms with E-state index in [-0.39, 0.29) is 22.9 Å². The van der Waals surface area contributed by atoms with Crippen LogP contribution in [0.2, 0.25) is 0 Å². The molecular formula is C26H29F2N6O8P. The molecule has 0 amide bonds. The Bertz CT molecular complexity index is 1760. The molecule has 3 heterocycles. The number of aliphatic hydroxyl groups is 1. The minimum absolute atomic E-state index is 0.0915. The Balaban J connectivity index is 1.39. The fourth-order valence-electron chi connectivity index (χ4n) is 4.47. The van der Waals surface area contributed by atoms with E-state index in [4.69, 9.17) is 24.3 Å². The average molecular weight is 623 g/mol. The fraction of sp³-hybridized carbons (Fsp3) is 0.385. The Hall–Kier alpha value is -3.95. The molecule has 2 aromatic carbocycles. The lowest BCUT2D eigenvalue weighted by atomic mass is 10.1. The fourth-order valence-corrected chi connectivity index (χ4v) is 5.96. The third-order valence-corrected chi connectivity index (χ3v) is 8.14. The molecule has 1 aliphatic rings. The first kappa shape index (κ1) is 30.5. The highest BCUT2D eigenvalue weighted by atomic mass is 31.2. The largest absolute Gasteiger partial charge is 0.462 e. The highest BCUT2D eigenvalue weighted by Crippen LogP contribution is 2.48. The number of fused-ring (bicyclic) bond motifs is 2. The average Bonchev–Trinajstić information content (AvgIpc) is 3.44. The van der Waals surface area contributed by atoms with E-state index in [9.17, 15) is 19.3 Å². The molecule has 5 N–H and O–H groups in total. The number of hydrogen-bond donors (Lipinski definition) is 4. The zero-order chi connectivity index (χ0) is 31.1. The minimum Gasteiger partial charge on any atom is -0.462 e. The van der Waals surface area contributed by atoms with Gasteiger partial charge in [-0.25, -0.2) is 9.55 Å². The second-order valence-corrected chi connectivity index (χ2v) is 11.8. The molecule has 230 valence electrons. The molecule has 1 unspecified atom stereocenters. The zero-order valence-corrected chi connectivity index (χ0v) is 24.0. The quantitative estimate of drug-likeness (QED) is 0.150. The van der Waals surface area contributed by atoms with Crippen LogP contribution >= 0.6 is 7.75 Å². The first-order valence-corrected chi connectivity index (χ1v) is 14.7. The highest BCUT2D eigenvalue weighted by molar-refractivity contribution is 7.52. The summed E-state index contributed by atoms with van der Waals surface area (Å²) in [5, 5.41) is 14.6. The molecule has 5 rings (SSSR count). The lowest BCUT2D eigenvalue weighted by molar-refractivity contribution is -0.149. The normalized spacial score (nSPS) is 22.1. The maximum Gasteiger partial charge on any atom is 0.459 e. The molecule has 1 fully saturated rings. The van der Waals surface area contributed by atoms with Crippen molar-refractivity contribution >= 4 is 41.6 Å². The van der Waals surface area contributed by atoms with Gasteiger partial charge in [0, 0.05) is 0 Å². The Kier molecular flexibility index (Phi) is 8.24. The van der Waals surface area contributed by atoms with Gasteiger partial charge in [-0.05, 0) is 43.7 Å². The molecule has 0 bridgehead atoms. The number of nitrogens with one attached hydrogen (secondary N) is 2. The molecule has 4 aromatic rings. The number of aliphatic hydroxyl groups excluding tert-OH is 1. The number of anilines is 1. The molecule has 14 nitrogen and oxygen atoms in total. The summed E-state index contributed by atoms with van der Waals surface area (Å²) in [6.07, 6.45) is -5.95. The molecule has 17 heteroatoms. The molecule has 43 heavy (non-hydrogen) atoms. The molecule has 1 saturated heterocycles. The van der Waals surface area contributed by atoms with E-state index >= 15 is 8.78 Å². The molecule has 0 aliphatic carbocycles. The maximum atomic E-state index is 15.3. The van der Waals surface area contributed by atoms with Crippen molar-refractivity contribution in [2.24, 2.45) is 0 Å². The van der Waals surface area contributed by atoms with Gasteiger partial charge in [0.05, 0.1) is 19.0 Å². The highest BCUT2D eigenvalue weighted by Gasteiger charge is 2.60. The number of alkyl halides is 2. The van der Waals surface area contributed by atoms with E-state index in [0.29, 0.717) is 0 Å². The number of hydrogen-bond acceptors (Lipinski definition) is 11. The van der Waals surface area contributed by atoms with Crippen LogP contribution in [-0.4, -0.2) is 67.5 Å². The van der Waals surface area contributed by atoms with Gasteiger partial charge in [0.25, 0.3) is 5.56 Å². The van der Waals surface area contributed by atoms with Crippen molar-refractivity contribution in [1.82, 2.24) is 24.6 Å². The zero-order valence-electron chi connectivity index (χ0n) is 23.1. The van der Waals surface area contributed by atoms with Crippen LogP contribution < -0.4 is 20.9 Å². The van der Waals surface area contributed by atoms with Crippen LogP contribution in [-0.2, 0) is 23.4 Å². The first-order chi connectivity index (χ1) is 20.3. The van der Waals surface area contributed by atoms with E-state index in [1.165, 1.54) is 13.0 Å². The van der Waals surface area contributed by atoms with E-state index in [1.807, 2.05) is 12.1 Å². The summed E-state index contributed by atoms with van der Waals surface area (Å²) in [5.74, 6) is -4.96. The Morgan fingerprint density at radius 3 is 2.70 bits per heavy atom. The van der Waals surface area contributed by atoms with Crippen molar-refractivity contribution < 1.29 is 41.8 Å². The predicted molar refractivity (Wildman–Crippen MR) is 149 cm³/mol. The van der Waals surface area contributed by atoms with Crippen molar-refractivity contribution in [1.29, 1.82) is 0 Å². The summed E-state index contributed by atoms with van der Waals surface area (Å²) in [6.45, 7) is 3.76. The number of nitrogens with zero attached hydrogens (tertiary/aromatic N) is 3. The van der Waals surface area contributed by atoms with Crippen molar-refractivity contribution in [3.05, 3.63) is 59.1 Å². The molecule has 5 atom stereocenters. The monoisotopic (exact) mass is 622 g/mol. The van der Waals surface area contributed by atoms with Crippen LogP contribution in [0.4, 0.5) is 14.7 Å². The third kappa shape index (κ3) is 6.24. The Morgan fingerprint density at radius 1 is 1.26 bits per heavy atom. The number of imidazole rings is 1. The van der Waals surface area contributed by atoms with Gasteiger partial charge in [0.15, 0.2) is 17.3 Å². The number of benzene rings is 2. The van der Waals surface area contributed by atoms with Crippen LogP contribution in [0.15, 0.2) is 53.6 Å². The van der Waals surface area contributed by atoms with Crippen LogP contribution in [0.1, 0.15) is 27.0 Å². The molecule has 0 radical (unpaired) electrons. The number of carbonyl (C=O) groups is 1.